The zero-order chi connectivity index (χ0) is 11.1. The van der Waals surface area contributed by atoms with E-state index in [9.17, 15) is 9.59 Å². The van der Waals surface area contributed by atoms with Gasteiger partial charge in [0.2, 0.25) is 0 Å². The van der Waals surface area contributed by atoms with Crippen LogP contribution in [0.1, 0.15) is 10.4 Å². The van der Waals surface area contributed by atoms with Gasteiger partial charge in [-0.2, -0.15) is 0 Å². The molecule has 0 bridgehead atoms. The normalized spacial score (nSPS) is 11.6. The maximum atomic E-state index is 11.4. The molecule has 0 radical (unpaired) electrons. The molecule has 76 valence electrons. The van der Waals surface area contributed by atoms with Gasteiger partial charge in [0.15, 0.2) is 6.29 Å². The fourth-order valence-electron chi connectivity index (χ4n) is 0.883. The second kappa shape index (κ2) is 5.49. The average Bonchev–Trinajstić information content (AvgIpc) is 2.31. The molecule has 0 aromatic heterocycles. The average molecular weight is 203 g/mol. The van der Waals surface area contributed by atoms with Crippen LogP contribution in [0.15, 0.2) is 47.2 Å². The maximum Gasteiger partial charge on any atom is 0.276 e. The largest absolute Gasteiger partial charge is 0.515 e. The number of amides is 1. The van der Waals surface area contributed by atoms with Gasteiger partial charge in [-0.1, -0.05) is 18.2 Å². The Labute approximate surface area is 86.6 Å². The number of carbonyl (C=O) groups is 2. The lowest BCUT2D eigenvalue weighted by molar-refractivity contribution is -0.104. The maximum absolute atomic E-state index is 11.4. The zero-order valence-corrected chi connectivity index (χ0v) is 7.83. The van der Waals surface area contributed by atoms with E-state index in [2.05, 4.69) is 4.99 Å². The summed E-state index contributed by atoms with van der Waals surface area (Å²) in [5.74, 6) is -0.461. The minimum absolute atomic E-state index is 0.0562. The summed E-state index contributed by atoms with van der Waals surface area (Å²) in [5, 5.41) is 8.51. The van der Waals surface area contributed by atoms with E-state index in [4.69, 9.17) is 5.11 Å². The van der Waals surface area contributed by atoms with Crippen molar-refractivity contribution in [3.8, 4) is 0 Å². The van der Waals surface area contributed by atoms with Crippen LogP contribution < -0.4 is 0 Å². The van der Waals surface area contributed by atoms with Crippen molar-refractivity contribution < 1.29 is 14.7 Å². The van der Waals surface area contributed by atoms with Gasteiger partial charge in [-0.15, -0.1) is 0 Å². The molecule has 0 aliphatic heterocycles. The van der Waals surface area contributed by atoms with E-state index in [-0.39, 0.29) is 5.57 Å². The number of hydrogen-bond acceptors (Lipinski definition) is 3. The highest BCUT2D eigenvalue weighted by Gasteiger charge is 2.00. The summed E-state index contributed by atoms with van der Waals surface area (Å²) in [6.07, 6.45) is 2.01. The second-order valence-corrected chi connectivity index (χ2v) is 2.68. The van der Waals surface area contributed by atoms with Gasteiger partial charge in [0.05, 0.1) is 11.8 Å². The van der Waals surface area contributed by atoms with Crippen molar-refractivity contribution in [1.82, 2.24) is 0 Å². The Hall–Kier alpha value is -2.23. The van der Waals surface area contributed by atoms with Crippen LogP contribution in [0.4, 0.5) is 0 Å². The fraction of sp³-hybridized carbons (Fsp3) is 0. The molecule has 0 unspecified atom stereocenters. The van der Waals surface area contributed by atoms with E-state index in [1.54, 1.807) is 30.3 Å². The zero-order valence-electron chi connectivity index (χ0n) is 7.83. The molecule has 0 saturated heterocycles. The van der Waals surface area contributed by atoms with E-state index >= 15 is 0 Å². The molecule has 1 aromatic rings. The first-order valence-corrected chi connectivity index (χ1v) is 4.21. The lowest BCUT2D eigenvalue weighted by Gasteiger charge is -1.92. The first-order chi connectivity index (χ1) is 7.27. The minimum Gasteiger partial charge on any atom is -0.515 e. The first-order valence-electron chi connectivity index (χ1n) is 4.21. The number of rotatable bonds is 3. The molecule has 1 N–H and O–H groups in total. The van der Waals surface area contributed by atoms with Gasteiger partial charge in [0.1, 0.15) is 0 Å². The Morgan fingerprint density at radius 1 is 1.27 bits per heavy atom. The van der Waals surface area contributed by atoms with Crippen LogP contribution in [0.25, 0.3) is 0 Å². The summed E-state index contributed by atoms with van der Waals surface area (Å²) < 4.78 is 0. The van der Waals surface area contributed by atoms with E-state index in [0.717, 1.165) is 6.21 Å². The molecule has 15 heavy (non-hydrogen) atoms. The highest BCUT2D eigenvalue weighted by atomic mass is 16.2. The molecule has 4 heteroatoms. The van der Waals surface area contributed by atoms with Crippen LogP contribution in [-0.4, -0.2) is 23.5 Å². The quantitative estimate of drug-likeness (QED) is 0.350. The SMILES string of the molecule is O=CC(C=NC(=O)c1ccccc1)=CO. The number of allylic oxidation sites excluding steroid dienone is 1. The van der Waals surface area contributed by atoms with Gasteiger partial charge in [-0.3, -0.25) is 9.59 Å². The molecular formula is C11H9NO3. The Morgan fingerprint density at radius 3 is 2.47 bits per heavy atom. The van der Waals surface area contributed by atoms with Gasteiger partial charge in [0, 0.05) is 11.8 Å². The number of aliphatic hydroxyl groups is 1. The number of hydrogen-bond donors (Lipinski definition) is 1. The third-order valence-electron chi connectivity index (χ3n) is 1.64. The molecular weight excluding hydrogens is 194 g/mol. The monoisotopic (exact) mass is 203 g/mol. The molecule has 4 nitrogen and oxygen atoms in total. The third kappa shape index (κ3) is 3.19. The van der Waals surface area contributed by atoms with E-state index in [1.807, 2.05) is 0 Å². The van der Waals surface area contributed by atoms with Crippen molar-refractivity contribution in [2.75, 3.05) is 0 Å². The summed E-state index contributed by atoms with van der Waals surface area (Å²) in [6, 6.07) is 8.44. The van der Waals surface area contributed by atoms with Gasteiger partial charge in [-0.25, -0.2) is 4.99 Å². The number of aldehydes is 1. The lowest BCUT2D eigenvalue weighted by Crippen LogP contribution is -1.96. The van der Waals surface area contributed by atoms with Crippen molar-refractivity contribution in [2.45, 2.75) is 0 Å². The van der Waals surface area contributed by atoms with Crippen LogP contribution in [0.5, 0.6) is 0 Å². The van der Waals surface area contributed by atoms with Gasteiger partial charge in [0.25, 0.3) is 5.91 Å². The summed E-state index contributed by atoms with van der Waals surface area (Å²) in [5.41, 5.74) is 0.371. The van der Waals surface area contributed by atoms with Crippen LogP contribution in [-0.2, 0) is 4.79 Å². The van der Waals surface area contributed by atoms with Gasteiger partial charge >= 0.3 is 0 Å². The molecule has 1 aromatic carbocycles. The molecule has 0 aliphatic carbocycles. The smallest absolute Gasteiger partial charge is 0.276 e. The Morgan fingerprint density at radius 2 is 1.93 bits per heavy atom. The van der Waals surface area contributed by atoms with E-state index in [0.29, 0.717) is 18.1 Å². The molecule has 0 spiro atoms. The van der Waals surface area contributed by atoms with E-state index in [1.165, 1.54) is 0 Å². The number of aliphatic imine (C=N–C) groups is 1. The van der Waals surface area contributed by atoms with Crippen LogP contribution in [0.2, 0.25) is 0 Å². The van der Waals surface area contributed by atoms with E-state index < -0.39 is 5.91 Å². The van der Waals surface area contributed by atoms with Crippen LogP contribution in [0, 0.1) is 0 Å². The molecule has 0 atom stereocenters. The molecule has 0 heterocycles. The van der Waals surface area contributed by atoms with Crippen molar-refractivity contribution >= 4 is 18.4 Å². The summed E-state index contributed by atoms with van der Waals surface area (Å²) >= 11 is 0. The number of aliphatic hydroxyl groups excluding tert-OH is 1. The number of nitrogens with zero attached hydrogens (tertiary/aromatic N) is 1. The first kappa shape index (κ1) is 10.8. The number of benzene rings is 1. The van der Waals surface area contributed by atoms with Gasteiger partial charge in [-0.05, 0) is 12.1 Å². The molecule has 0 fully saturated rings. The molecule has 0 saturated carbocycles. The van der Waals surface area contributed by atoms with Crippen molar-refractivity contribution in [1.29, 1.82) is 0 Å². The highest BCUT2D eigenvalue weighted by Crippen LogP contribution is 2.00. The Bertz CT molecular complexity index is 407. The van der Waals surface area contributed by atoms with Crippen LogP contribution in [0.3, 0.4) is 0 Å². The molecule has 0 aliphatic rings. The minimum atomic E-state index is -0.461. The predicted molar refractivity (Wildman–Crippen MR) is 56.0 cm³/mol. The lowest BCUT2D eigenvalue weighted by atomic mass is 10.2. The summed E-state index contributed by atoms with van der Waals surface area (Å²) in [7, 11) is 0. The fourth-order valence-corrected chi connectivity index (χ4v) is 0.883. The summed E-state index contributed by atoms with van der Waals surface area (Å²) in [6.45, 7) is 0. The topological polar surface area (TPSA) is 66.7 Å². The van der Waals surface area contributed by atoms with Crippen molar-refractivity contribution in [3.63, 3.8) is 0 Å². The molecule has 1 amide bonds. The second-order valence-electron chi connectivity index (χ2n) is 2.68. The van der Waals surface area contributed by atoms with Crippen LogP contribution >= 0.6 is 0 Å². The van der Waals surface area contributed by atoms with Gasteiger partial charge < -0.3 is 5.11 Å². The number of carbonyl (C=O) groups excluding carboxylic acids is 2. The predicted octanol–water partition coefficient (Wildman–Crippen LogP) is 1.54. The standard InChI is InChI=1S/C11H9NO3/c13-7-9(8-14)6-12-11(15)10-4-2-1-3-5-10/h1-8,13H. The molecule has 1 rings (SSSR count). The Kier molecular flexibility index (Phi) is 3.97. The Balaban J connectivity index is 2.76. The van der Waals surface area contributed by atoms with Crippen molar-refractivity contribution in [2.24, 2.45) is 4.99 Å². The highest BCUT2D eigenvalue weighted by molar-refractivity contribution is 6.08. The summed E-state index contributed by atoms with van der Waals surface area (Å²) in [4.78, 5) is 25.1. The van der Waals surface area contributed by atoms with Crippen molar-refractivity contribution in [3.05, 3.63) is 47.7 Å². The third-order valence-corrected chi connectivity index (χ3v) is 1.64.